The molecule has 1 aliphatic carbocycles. The first-order valence-electron chi connectivity index (χ1n) is 8.70. The fourth-order valence-corrected chi connectivity index (χ4v) is 4.03. The summed E-state index contributed by atoms with van der Waals surface area (Å²) >= 11 is 1.39. The Labute approximate surface area is 156 Å². The number of thioether (sulfide) groups is 1. The molecule has 0 saturated heterocycles. The molecular formula is C19H20N4O2S. The summed E-state index contributed by atoms with van der Waals surface area (Å²) in [5, 5.41) is 11.9. The van der Waals surface area contributed by atoms with Gasteiger partial charge in [-0.15, -0.1) is 10.2 Å². The van der Waals surface area contributed by atoms with Gasteiger partial charge in [0, 0.05) is 0 Å². The highest BCUT2D eigenvalue weighted by molar-refractivity contribution is 7.99. The fraction of sp³-hybridized carbons (Fsp3) is 0.316. The molecule has 0 unspecified atom stereocenters. The Kier molecular flexibility index (Phi) is 5.06. The van der Waals surface area contributed by atoms with Crippen molar-refractivity contribution in [1.82, 2.24) is 20.1 Å². The Morgan fingerprint density at radius 3 is 3.12 bits per heavy atom. The third kappa shape index (κ3) is 3.83. The van der Waals surface area contributed by atoms with Crippen molar-refractivity contribution in [3.63, 3.8) is 0 Å². The van der Waals surface area contributed by atoms with Gasteiger partial charge in [-0.2, -0.15) is 0 Å². The first-order chi connectivity index (χ1) is 12.8. The van der Waals surface area contributed by atoms with Gasteiger partial charge in [0.25, 0.3) is 0 Å². The van der Waals surface area contributed by atoms with Crippen LogP contribution in [0.15, 0.2) is 58.6 Å². The van der Waals surface area contributed by atoms with Crippen LogP contribution in [0.5, 0.6) is 0 Å². The summed E-state index contributed by atoms with van der Waals surface area (Å²) in [6.45, 7) is 0.556. The number of fused-ring (bicyclic) bond motifs is 1. The highest BCUT2D eigenvalue weighted by Crippen LogP contribution is 2.29. The average molecular weight is 368 g/mol. The normalized spacial score (nSPS) is 16.2. The molecule has 1 aromatic carbocycles. The van der Waals surface area contributed by atoms with Crippen molar-refractivity contribution in [2.45, 2.75) is 37.0 Å². The van der Waals surface area contributed by atoms with Crippen molar-refractivity contribution in [2.75, 3.05) is 5.75 Å². The van der Waals surface area contributed by atoms with E-state index in [2.05, 4.69) is 33.7 Å². The van der Waals surface area contributed by atoms with Gasteiger partial charge in [-0.05, 0) is 42.5 Å². The standard InChI is InChI=1S/C19H20N4O2S/c24-18(21-17-9-3-6-14-5-1-2-8-16(14)17)12-26-19-22-20-13-23(19)11-15-7-4-10-25-15/h1-2,4-5,7-8,10,13,17H,3,6,9,11-12H2,(H,21,24)/t17-/m0/s1. The Hall–Kier alpha value is -2.54. The molecule has 0 spiro atoms. The molecule has 1 N–H and O–H groups in total. The maximum atomic E-state index is 12.4. The molecule has 2 heterocycles. The topological polar surface area (TPSA) is 73.0 Å². The summed E-state index contributed by atoms with van der Waals surface area (Å²) in [6.07, 6.45) is 6.48. The number of carbonyl (C=O) groups excluding carboxylic acids is 1. The average Bonchev–Trinajstić information content (AvgIpc) is 3.33. The molecule has 0 saturated carbocycles. The second-order valence-electron chi connectivity index (χ2n) is 6.32. The van der Waals surface area contributed by atoms with E-state index >= 15 is 0 Å². The van der Waals surface area contributed by atoms with Crippen molar-refractivity contribution >= 4 is 17.7 Å². The van der Waals surface area contributed by atoms with Crippen molar-refractivity contribution in [1.29, 1.82) is 0 Å². The number of furan rings is 1. The summed E-state index contributed by atoms with van der Waals surface area (Å²) in [7, 11) is 0. The van der Waals surface area contributed by atoms with Gasteiger partial charge in [0.2, 0.25) is 5.91 Å². The minimum absolute atomic E-state index is 0.0178. The van der Waals surface area contributed by atoms with E-state index in [0.717, 1.165) is 25.0 Å². The maximum Gasteiger partial charge on any atom is 0.230 e. The molecule has 1 aliphatic rings. The lowest BCUT2D eigenvalue weighted by Crippen LogP contribution is -2.32. The molecule has 1 atom stereocenters. The summed E-state index contributed by atoms with van der Waals surface area (Å²) in [4.78, 5) is 12.4. The Balaban J connectivity index is 1.35. The molecule has 4 rings (SSSR count). The van der Waals surface area contributed by atoms with Crippen LogP contribution in [-0.4, -0.2) is 26.4 Å². The van der Waals surface area contributed by atoms with Gasteiger partial charge in [-0.1, -0.05) is 36.0 Å². The van der Waals surface area contributed by atoms with Gasteiger partial charge in [-0.25, -0.2) is 0 Å². The van der Waals surface area contributed by atoms with Crippen LogP contribution in [0.1, 0.15) is 35.8 Å². The van der Waals surface area contributed by atoms with E-state index in [0.29, 0.717) is 17.5 Å². The Morgan fingerprint density at radius 1 is 1.31 bits per heavy atom. The minimum atomic E-state index is 0.0178. The lowest BCUT2D eigenvalue weighted by Gasteiger charge is -2.26. The van der Waals surface area contributed by atoms with Gasteiger partial charge >= 0.3 is 0 Å². The quantitative estimate of drug-likeness (QED) is 0.677. The zero-order chi connectivity index (χ0) is 17.8. The summed E-state index contributed by atoms with van der Waals surface area (Å²) in [5.74, 6) is 1.16. The number of carbonyl (C=O) groups is 1. The SMILES string of the molecule is O=C(CSc1nncn1Cc1ccco1)N[C@H]1CCCc2ccccc21. The largest absolute Gasteiger partial charge is 0.467 e. The summed E-state index contributed by atoms with van der Waals surface area (Å²) in [6, 6.07) is 12.2. The van der Waals surface area contributed by atoms with Gasteiger partial charge in [-0.3, -0.25) is 4.79 Å². The fourth-order valence-electron chi connectivity index (χ4n) is 3.31. The molecule has 134 valence electrons. The van der Waals surface area contributed by atoms with E-state index in [1.54, 1.807) is 12.6 Å². The van der Waals surface area contributed by atoms with Crippen LogP contribution in [0.2, 0.25) is 0 Å². The molecule has 6 nitrogen and oxygen atoms in total. The summed E-state index contributed by atoms with van der Waals surface area (Å²) in [5.41, 5.74) is 2.59. The smallest absolute Gasteiger partial charge is 0.230 e. The van der Waals surface area contributed by atoms with E-state index in [4.69, 9.17) is 4.42 Å². The van der Waals surface area contributed by atoms with Crippen LogP contribution in [0.25, 0.3) is 0 Å². The van der Waals surface area contributed by atoms with Crippen molar-refractivity contribution in [3.8, 4) is 0 Å². The highest BCUT2D eigenvalue weighted by Gasteiger charge is 2.21. The van der Waals surface area contributed by atoms with E-state index in [1.807, 2.05) is 22.8 Å². The van der Waals surface area contributed by atoms with Crippen LogP contribution >= 0.6 is 11.8 Å². The zero-order valence-electron chi connectivity index (χ0n) is 14.3. The molecule has 26 heavy (non-hydrogen) atoms. The molecule has 0 aliphatic heterocycles. The lowest BCUT2D eigenvalue weighted by molar-refractivity contribution is -0.119. The van der Waals surface area contributed by atoms with Crippen molar-refractivity contribution in [3.05, 3.63) is 65.9 Å². The number of nitrogens with zero attached hydrogens (tertiary/aromatic N) is 3. The van der Waals surface area contributed by atoms with Crippen LogP contribution in [0.3, 0.4) is 0 Å². The van der Waals surface area contributed by atoms with E-state index in [9.17, 15) is 4.79 Å². The molecular weight excluding hydrogens is 348 g/mol. The molecule has 0 radical (unpaired) electrons. The number of aryl methyl sites for hydroxylation is 1. The van der Waals surface area contributed by atoms with E-state index < -0.39 is 0 Å². The second kappa shape index (κ2) is 7.78. The van der Waals surface area contributed by atoms with Crippen molar-refractivity contribution < 1.29 is 9.21 Å². The first-order valence-corrected chi connectivity index (χ1v) is 9.68. The number of benzene rings is 1. The minimum Gasteiger partial charge on any atom is -0.467 e. The van der Waals surface area contributed by atoms with Crippen LogP contribution < -0.4 is 5.32 Å². The number of rotatable bonds is 6. The number of amides is 1. The number of hydrogen-bond acceptors (Lipinski definition) is 5. The third-order valence-corrected chi connectivity index (χ3v) is 5.50. The van der Waals surface area contributed by atoms with E-state index in [-0.39, 0.29) is 11.9 Å². The molecule has 7 heteroatoms. The number of nitrogens with one attached hydrogen (secondary N) is 1. The van der Waals surface area contributed by atoms with Crippen LogP contribution in [0.4, 0.5) is 0 Å². The van der Waals surface area contributed by atoms with Gasteiger partial charge < -0.3 is 14.3 Å². The summed E-state index contributed by atoms with van der Waals surface area (Å²) < 4.78 is 7.24. The first kappa shape index (κ1) is 16.9. The molecule has 2 aromatic heterocycles. The highest BCUT2D eigenvalue weighted by atomic mass is 32.2. The number of hydrogen-bond donors (Lipinski definition) is 1. The van der Waals surface area contributed by atoms with E-state index in [1.165, 1.54) is 22.9 Å². The predicted molar refractivity (Wildman–Crippen MR) is 98.8 cm³/mol. The lowest BCUT2D eigenvalue weighted by atomic mass is 9.88. The van der Waals surface area contributed by atoms with Crippen LogP contribution in [0, 0.1) is 0 Å². The van der Waals surface area contributed by atoms with Gasteiger partial charge in [0.05, 0.1) is 24.6 Å². The second-order valence-corrected chi connectivity index (χ2v) is 7.26. The van der Waals surface area contributed by atoms with Gasteiger partial charge in [0.15, 0.2) is 5.16 Å². The van der Waals surface area contributed by atoms with Crippen molar-refractivity contribution in [2.24, 2.45) is 0 Å². The van der Waals surface area contributed by atoms with Crippen LogP contribution in [-0.2, 0) is 17.8 Å². The molecule has 1 amide bonds. The molecule has 3 aromatic rings. The maximum absolute atomic E-state index is 12.4. The predicted octanol–water partition coefficient (Wildman–Crippen LogP) is 3.21. The monoisotopic (exact) mass is 368 g/mol. The molecule has 0 bridgehead atoms. The molecule has 0 fully saturated rings. The zero-order valence-corrected chi connectivity index (χ0v) is 15.1. The Bertz CT molecular complexity index is 875. The third-order valence-electron chi connectivity index (χ3n) is 4.52. The number of aromatic nitrogens is 3. The van der Waals surface area contributed by atoms with Gasteiger partial charge in [0.1, 0.15) is 12.1 Å². The Morgan fingerprint density at radius 2 is 2.23 bits per heavy atom.